The molecule has 0 aliphatic heterocycles. The Kier molecular flexibility index (Phi) is 6.86. The third kappa shape index (κ3) is 4.60. The SMILES string of the molecule is Cl.NCCc1ccccc1-c1cccc(OCc2ccccc2)c1. The van der Waals surface area contributed by atoms with Gasteiger partial charge in [0, 0.05) is 0 Å². The fourth-order valence-electron chi connectivity index (χ4n) is 2.67. The highest BCUT2D eigenvalue weighted by molar-refractivity contribution is 5.85. The zero-order valence-electron chi connectivity index (χ0n) is 13.5. The summed E-state index contributed by atoms with van der Waals surface area (Å²) in [5, 5.41) is 0. The number of nitrogens with two attached hydrogens (primary N) is 1. The zero-order chi connectivity index (χ0) is 15.9. The maximum atomic E-state index is 5.93. The lowest BCUT2D eigenvalue weighted by Crippen LogP contribution is -2.03. The van der Waals surface area contributed by atoms with Crippen LogP contribution < -0.4 is 10.5 Å². The monoisotopic (exact) mass is 339 g/mol. The summed E-state index contributed by atoms with van der Waals surface area (Å²) in [4.78, 5) is 0. The third-order valence-corrected chi connectivity index (χ3v) is 3.82. The number of hydrogen-bond acceptors (Lipinski definition) is 2. The summed E-state index contributed by atoms with van der Waals surface area (Å²) >= 11 is 0. The highest BCUT2D eigenvalue weighted by atomic mass is 35.5. The Morgan fingerprint density at radius 2 is 1.54 bits per heavy atom. The summed E-state index contributed by atoms with van der Waals surface area (Å²) in [6.07, 6.45) is 0.880. The Morgan fingerprint density at radius 3 is 2.33 bits per heavy atom. The van der Waals surface area contributed by atoms with Crippen molar-refractivity contribution in [1.29, 1.82) is 0 Å². The van der Waals surface area contributed by atoms with Crippen LogP contribution in [0.4, 0.5) is 0 Å². The maximum absolute atomic E-state index is 5.93. The molecule has 3 aromatic rings. The first-order valence-corrected chi connectivity index (χ1v) is 7.92. The minimum Gasteiger partial charge on any atom is -0.489 e. The first-order chi connectivity index (χ1) is 11.4. The second-order valence-electron chi connectivity index (χ2n) is 5.50. The van der Waals surface area contributed by atoms with Crippen LogP contribution in [-0.4, -0.2) is 6.54 Å². The van der Waals surface area contributed by atoms with E-state index in [2.05, 4.69) is 48.5 Å². The molecule has 0 atom stereocenters. The number of rotatable bonds is 6. The van der Waals surface area contributed by atoms with Crippen LogP contribution in [0.25, 0.3) is 11.1 Å². The smallest absolute Gasteiger partial charge is 0.120 e. The van der Waals surface area contributed by atoms with Crippen LogP contribution in [0.15, 0.2) is 78.9 Å². The van der Waals surface area contributed by atoms with E-state index in [0.717, 1.165) is 12.2 Å². The Labute approximate surface area is 149 Å². The average Bonchev–Trinajstić information content (AvgIpc) is 2.62. The van der Waals surface area contributed by atoms with E-state index in [9.17, 15) is 0 Å². The molecular formula is C21H22ClNO. The molecule has 24 heavy (non-hydrogen) atoms. The van der Waals surface area contributed by atoms with Gasteiger partial charge in [0.25, 0.3) is 0 Å². The van der Waals surface area contributed by atoms with Crippen molar-refractivity contribution in [3.8, 4) is 16.9 Å². The molecule has 0 unspecified atom stereocenters. The third-order valence-electron chi connectivity index (χ3n) is 3.82. The highest BCUT2D eigenvalue weighted by Gasteiger charge is 2.05. The van der Waals surface area contributed by atoms with Gasteiger partial charge in [0.2, 0.25) is 0 Å². The van der Waals surface area contributed by atoms with E-state index in [-0.39, 0.29) is 12.4 Å². The predicted octanol–water partition coefficient (Wildman–Crippen LogP) is 4.86. The van der Waals surface area contributed by atoms with Crippen molar-refractivity contribution in [2.24, 2.45) is 5.73 Å². The lowest BCUT2D eigenvalue weighted by Gasteiger charge is -2.11. The largest absolute Gasteiger partial charge is 0.489 e. The molecule has 0 radical (unpaired) electrons. The summed E-state index contributed by atoms with van der Waals surface area (Å²) in [6.45, 7) is 1.23. The van der Waals surface area contributed by atoms with E-state index in [1.54, 1.807) is 0 Å². The van der Waals surface area contributed by atoms with Gasteiger partial charge in [0.1, 0.15) is 12.4 Å². The van der Waals surface area contributed by atoms with Gasteiger partial charge >= 0.3 is 0 Å². The van der Waals surface area contributed by atoms with Crippen LogP contribution in [0, 0.1) is 0 Å². The summed E-state index contributed by atoms with van der Waals surface area (Å²) < 4.78 is 5.93. The normalized spacial score (nSPS) is 10.0. The van der Waals surface area contributed by atoms with Gasteiger partial charge in [-0.3, -0.25) is 0 Å². The lowest BCUT2D eigenvalue weighted by molar-refractivity contribution is 0.306. The number of hydrogen-bond donors (Lipinski definition) is 1. The average molecular weight is 340 g/mol. The molecule has 124 valence electrons. The zero-order valence-corrected chi connectivity index (χ0v) is 14.3. The molecule has 0 heterocycles. The summed E-state index contributed by atoms with van der Waals surface area (Å²) in [5.41, 5.74) is 10.6. The second kappa shape index (κ2) is 9.11. The fraction of sp³-hybridized carbons (Fsp3) is 0.143. The molecule has 0 amide bonds. The minimum atomic E-state index is 0. The number of ether oxygens (including phenoxy) is 1. The topological polar surface area (TPSA) is 35.2 Å². The van der Waals surface area contributed by atoms with Crippen LogP contribution in [-0.2, 0) is 13.0 Å². The molecule has 0 aromatic heterocycles. The molecule has 0 fully saturated rings. The molecule has 0 aliphatic carbocycles. The van der Waals surface area contributed by atoms with Crippen LogP contribution >= 0.6 is 12.4 Å². The van der Waals surface area contributed by atoms with Gasteiger partial charge in [-0.15, -0.1) is 12.4 Å². The van der Waals surface area contributed by atoms with Crippen molar-refractivity contribution >= 4 is 12.4 Å². The molecular weight excluding hydrogens is 318 g/mol. The molecule has 2 nitrogen and oxygen atoms in total. The van der Waals surface area contributed by atoms with E-state index in [0.29, 0.717) is 13.2 Å². The minimum absolute atomic E-state index is 0. The van der Waals surface area contributed by atoms with E-state index in [4.69, 9.17) is 10.5 Å². The highest BCUT2D eigenvalue weighted by Crippen LogP contribution is 2.27. The van der Waals surface area contributed by atoms with Gasteiger partial charge in [-0.2, -0.15) is 0 Å². The fourth-order valence-corrected chi connectivity index (χ4v) is 2.67. The van der Waals surface area contributed by atoms with Gasteiger partial charge < -0.3 is 10.5 Å². The molecule has 0 aliphatic rings. The first-order valence-electron chi connectivity index (χ1n) is 7.92. The molecule has 0 spiro atoms. The van der Waals surface area contributed by atoms with Crippen molar-refractivity contribution in [1.82, 2.24) is 0 Å². The molecule has 2 N–H and O–H groups in total. The van der Waals surface area contributed by atoms with Gasteiger partial charge in [-0.05, 0) is 47.4 Å². The summed E-state index contributed by atoms with van der Waals surface area (Å²) in [7, 11) is 0. The van der Waals surface area contributed by atoms with Crippen molar-refractivity contribution in [2.75, 3.05) is 6.54 Å². The molecule has 0 bridgehead atoms. The number of benzene rings is 3. The van der Waals surface area contributed by atoms with E-state index >= 15 is 0 Å². The van der Waals surface area contributed by atoms with E-state index < -0.39 is 0 Å². The van der Waals surface area contributed by atoms with Gasteiger partial charge in [-0.25, -0.2) is 0 Å². The predicted molar refractivity (Wildman–Crippen MR) is 103 cm³/mol. The van der Waals surface area contributed by atoms with Gasteiger partial charge in [0.15, 0.2) is 0 Å². The van der Waals surface area contributed by atoms with Crippen LogP contribution in [0.2, 0.25) is 0 Å². The second-order valence-corrected chi connectivity index (χ2v) is 5.50. The van der Waals surface area contributed by atoms with Crippen LogP contribution in [0.3, 0.4) is 0 Å². The number of halogens is 1. The summed E-state index contributed by atoms with van der Waals surface area (Å²) in [6, 6.07) is 26.9. The van der Waals surface area contributed by atoms with Crippen LogP contribution in [0.5, 0.6) is 5.75 Å². The molecule has 0 saturated carbocycles. The molecule has 3 aromatic carbocycles. The molecule has 3 heteroatoms. The quantitative estimate of drug-likeness (QED) is 0.696. The van der Waals surface area contributed by atoms with Crippen LogP contribution in [0.1, 0.15) is 11.1 Å². The van der Waals surface area contributed by atoms with Gasteiger partial charge in [-0.1, -0.05) is 66.7 Å². The maximum Gasteiger partial charge on any atom is 0.120 e. The van der Waals surface area contributed by atoms with Gasteiger partial charge in [0.05, 0.1) is 0 Å². The van der Waals surface area contributed by atoms with Crippen molar-refractivity contribution < 1.29 is 4.74 Å². The Morgan fingerprint density at radius 1 is 0.792 bits per heavy atom. The van der Waals surface area contributed by atoms with Crippen molar-refractivity contribution in [3.05, 3.63) is 90.0 Å². The lowest BCUT2D eigenvalue weighted by atomic mass is 9.97. The van der Waals surface area contributed by atoms with E-state index in [1.165, 1.54) is 22.3 Å². The van der Waals surface area contributed by atoms with Crippen molar-refractivity contribution in [2.45, 2.75) is 13.0 Å². The first kappa shape index (κ1) is 18.1. The Bertz CT molecular complexity index is 759. The molecule has 3 rings (SSSR count). The summed E-state index contributed by atoms with van der Waals surface area (Å²) in [5.74, 6) is 0.883. The Balaban J connectivity index is 0.00000208. The van der Waals surface area contributed by atoms with Crippen molar-refractivity contribution in [3.63, 3.8) is 0 Å². The molecule has 0 saturated heterocycles. The Hall–Kier alpha value is -2.29. The standard InChI is InChI=1S/C21H21NO.ClH/c22-14-13-18-9-4-5-12-21(18)19-10-6-11-20(15-19)23-16-17-7-2-1-3-8-17;/h1-12,15H,13-14,16,22H2;1H. The van der Waals surface area contributed by atoms with E-state index in [1.807, 2.05) is 30.3 Å².